The molecule has 1 aromatic carbocycles. The molecule has 2 heterocycles. The lowest BCUT2D eigenvalue weighted by molar-refractivity contribution is 0.0734. The van der Waals surface area contributed by atoms with Crippen LogP contribution < -0.4 is 5.32 Å². The Hall–Kier alpha value is -2.62. The third-order valence-corrected chi connectivity index (χ3v) is 3.85. The van der Waals surface area contributed by atoms with Gasteiger partial charge in [0.15, 0.2) is 0 Å². The van der Waals surface area contributed by atoms with Crippen molar-refractivity contribution in [3.63, 3.8) is 0 Å². The second-order valence-corrected chi connectivity index (χ2v) is 5.38. The Morgan fingerprint density at radius 1 is 1.32 bits per heavy atom. The number of aromatic nitrogens is 1. The van der Waals surface area contributed by atoms with Crippen molar-refractivity contribution in [2.45, 2.75) is 13.0 Å². The van der Waals surface area contributed by atoms with E-state index < -0.39 is 0 Å². The van der Waals surface area contributed by atoms with Crippen molar-refractivity contribution in [1.82, 2.24) is 9.88 Å². The Labute approximate surface area is 130 Å². The van der Waals surface area contributed by atoms with Gasteiger partial charge in [0.1, 0.15) is 0 Å². The summed E-state index contributed by atoms with van der Waals surface area (Å²) in [7, 11) is 0. The summed E-state index contributed by atoms with van der Waals surface area (Å²) < 4.78 is 0. The predicted octanol–water partition coefficient (Wildman–Crippen LogP) is 2.88. The Balaban J connectivity index is 1.76. The van der Waals surface area contributed by atoms with Gasteiger partial charge in [0.2, 0.25) is 0 Å². The van der Waals surface area contributed by atoms with Crippen molar-refractivity contribution in [2.24, 2.45) is 0 Å². The van der Waals surface area contributed by atoms with Crippen molar-refractivity contribution < 1.29 is 4.79 Å². The van der Waals surface area contributed by atoms with E-state index in [9.17, 15) is 4.79 Å². The zero-order valence-corrected chi connectivity index (χ0v) is 12.5. The molecule has 0 fully saturated rings. The van der Waals surface area contributed by atoms with Gasteiger partial charge in [-0.15, -0.1) is 6.58 Å². The molecule has 3 rings (SSSR count). The molecule has 0 atom stereocenters. The van der Waals surface area contributed by atoms with Gasteiger partial charge in [0.05, 0.1) is 11.3 Å². The third kappa shape index (κ3) is 3.01. The van der Waals surface area contributed by atoms with Gasteiger partial charge in [-0.1, -0.05) is 30.3 Å². The summed E-state index contributed by atoms with van der Waals surface area (Å²) >= 11 is 0. The molecule has 1 amide bonds. The van der Waals surface area contributed by atoms with Crippen molar-refractivity contribution in [3.05, 3.63) is 72.1 Å². The van der Waals surface area contributed by atoms with E-state index >= 15 is 0 Å². The van der Waals surface area contributed by atoms with Crippen LogP contribution in [0.25, 0.3) is 0 Å². The largest absolute Gasteiger partial charge is 0.380 e. The second kappa shape index (κ2) is 6.43. The Morgan fingerprint density at radius 2 is 2.14 bits per heavy atom. The van der Waals surface area contributed by atoms with Crippen LogP contribution in [0.4, 0.5) is 5.69 Å². The van der Waals surface area contributed by atoms with E-state index in [0.717, 1.165) is 18.7 Å². The molecule has 0 spiro atoms. The standard InChI is InChI=1S/C18H19N3O/c1-2-8-20-17-10-16(11-19-12-17)18(22)21-9-7-14-5-3-4-6-15(14)13-21/h2-6,10-12,20H,1,7-9,13H2. The van der Waals surface area contributed by atoms with Crippen LogP contribution in [0.15, 0.2) is 55.4 Å². The minimum atomic E-state index is 0.0317. The van der Waals surface area contributed by atoms with Gasteiger partial charge < -0.3 is 10.2 Å². The van der Waals surface area contributed by atoms with Crippen LogP contribution in [0.1, 0.15) is 21.5 Å². The van der Waals surface area contributed by atoms with Crippen LogP contribution in [0, 0.1) is 0 Å². The molecule has 4 heteroatoms. The van der Waals surface area contributed by atoms with Gasteiger partial charge in [0.25, 0.3) is 5.91 Å². The van der Waals surface area contributed by atoms with Crippen LogP contribution in [0.5, 0.6) is 0 Å². The summed E-state index contributed by atoms with van der Waals surface area (Å²) in [5.41, 5.74) is 4.03. The maximum Gasteiger partial charge on any atom is 0.255 e. The second-order valence-electron chi connectivity index (χ2n) is 5.38. The number of nitrogens with zero attached hydrogens (tertiary/aromatic N) is 2. The first-order chi connectivity index (χ1) is 10.8. The minimum absolute atomic E-state index is 0.0317. The topological polar surface area (TPSA) is 45.2 Å². The van der Waals surface area contributed by atoms with Gasteiger partial charge in [-0.2, -0.15) is 0 Å². The van der Waals surface area contributed by atoms with Gasteiger partial charge >= 0.3 is 0 Å². The SMILES string of the molecule is C=CCNc1cncc(C(=O)N2CCc3ccccc3C2)c1. The number of fused-ring (bicyclic) bond motifs is 1. The average molecular weight is 293 g/mol. The number of hydrogen-bond donors (Lipinski definition) is 1. The number of carbonyl (C=O) groups excluding carboxylic acids is 1. The minimum Gasteiger partial charge on any atom is -0.380 e. The molecule has 1 aliphatic heterocycles. The molecular formula is C18H19N3O. The Bertz CT molecular complexity index is 696. The predicted molar refractivity (Wildman–Crippen MR) is 87.8 cm³/mol. The number of amides is 1. The molecule has 22 heavy (non-hydrogen) atoms. The summed E-state index contributed by atoms with van der Waals surface area (Å²) in [6.45, 7) is 5.74. The quantitative estimate of drug-likeness (QED) is 0.882. The van der Waals surface area contributed by atoms with Crippen LogP contribution in [-0.4, -0.2) is 28.9 Å². The normalized spacial score (nSPS) is 13.4. The molecule has 0 bridgehead atoms. The fourth-order valence-corrected chi connectivity index (χ4v) is 2.70. The van der Waals surface area contributed by atoms with Crippen LogP contribution in [0.3, 0.4) is 0 Å². The number of rotatable bonds is 4. The number of nitrogens with one attached hydrogen (secondary N) is 1. The van der Waals surface area contributed by atoms with Crippen LogP contribution >= 0.6 is 0 Å². The molecule has 1 aliphatic rings. The van der Waals surface area contributed by atoms with Crippen molar-refractivity contribution in [2.75, 3.05) is 18.4 Å². The third-order valence-electron chi connectivity index (χ3n) is 3.85. The number of benzene rings is 1. The lowest BCUT2D eigenvalue weighted by Gasteiger charge is -2.29. The molecule has 4 nitrogen and oxygen atoms in total. The molecule has 0 saturated carbocycles. The van der Waals surface area contributed by atoms with E-state index in [-0.39, 0.29) is 5.91 Å². The molecule has 0 unspecified atom stereocenters. The maximum absolute atomic E-state index is 12.7. The zero-order chi connectivity index (χ0) is 15.4. The van der Waals surface area contributed by atoms with E-state index in [0.29, 0.717) is 18.7 Å². The van der Waals surface area contributed by atoms with Crippen LogP contribution in [-0.2, 0) is 13.0 Å². The molecule has 2 aromatic rings. The first-order valence-corrected chi connectivity index (χ1v) is 7.44. The number of pyridine rings is 1. The molecule has 0 saturated heterocycles. The lowest BCUT2D eigenvalue weighted by atomic mass is 9.99. The first-order valence-electron chi connectivity index (χ1n) is 7.44. The highest BCUT2D eigenvalue weighted by molar-refractivity contribution is 5.94. The average Bonchev–Trinajstić information content (AvgIpc) is 2.59. The van der Waals surface area contributed by atoms with Gasteiger partial charge in [-0.05, 0) is 23.6 Å². The van der Waals surface area contributed by atoms with Crippen molar-refractivity contribution in [1.29, 1.82) is 0 Å². The van der Waals surface area contributed by atoms with Gasteiger partial charge in [-0.25, -0.2) is 0 Å². The molecule has 1 aromatic heterocycles. The summed E-state index contributed by atoms with van der Waals surface area (Å²) in [6.07, 6.45) is 6.02. The van der Waals surface area contributed by atoms with E-state index in [1.165, 1.54) is 11.1 Å². The molecule has 112 valence electrons. The highest BCUT2D eigenvalue weighted by atomic mass is 16.2. The van der Waals surface area contributed by atoms with E-state index in [2.05, 4.69) is 35.1 Å². The van der Waals surface area contributed by atoms with Crippen molar-refractivity contribution in [3.8, 4) is 0 Å². The first kappa shape index (κ1) is 14.3. The molecular weight excluding hydrogens is 274 g/mol. The maximum atomic E-state index is 12.7. The van der Waals surface area contributed by atoms with Crippen LogP contribution in [0.2, 0.25) is 0 Å². The summed E-state index contributed by atoms with van der Waals surface area (Å²) in [5.74, 6) is 0.0317. The molecule has 1 N–H and O–H groups in total. The molecule has 0 aliphatic carbocycles. The van der Waals surface area contributed by atoms with Gasteiger partial charge in [0, 0.05) is 32.0 Å². The highest BCUT2D eigenvalue weighted by Crippen LogP contribution is 2.20. The smallest absolute Gasteiger partial charge is 0.255 e. The lowest BCUT2D eigenvalue weighted by Crippen LogP contribution is -2.36. The highest BCUT2D eigenvalue weighted by Gasteiger charge is 2.21. The van der Waals surface area contributed by atoms with Gasteiger partial charge in [-0.3, -0.25) is 9.78 Å². The van der Waals surface area contributed by atoms with Crippen molar-refractivity contribution >= 4 is 11.6 Å². The number of hydrogen-bond acceptors (Lipinski definition) is 3. The number of anilines is 1. The Morgan fingerprint density at radius 3 is 2.95 bits per heavy atom. The fourth-order valence-electron chi connectivity index (χ4n) is 2.70. The monoisotopic (exact) mass is 293 g/mol. The summed E-state index contributed by atoms with van der Waals surface area (Å²) in [4.78, 5) is 18.7. The zero-order valence-electron chi connectivity index (χ0n) is 12.5. The van der Waals surface area contributed by atoms with E-state index in [4.69, 9.17) is 0 Å². The van der Waals surface area contributed by atoms with E-state index in [1.54, 1.807) is 18.5 Å². The molecule has 0 radical (unpaired) electrons. The summed E-state index contributed by atoms with van der Waals surface area (Å²) in [6, 6.07) is 10.1. The number of carbonyl (C=O) groups is 1. The van der Waals surface area contributed by atoms with E-state index in [1.807, 2.05) is 17.0 Å². The summed E-state index contributed by atoms with van der Waals surface area (Å²) in [5, 5.41) is 3.16. The fraction of sp³-hybridized carbons (Fsp3) is 0.222. The Kier molecular flexibility index (Phi) is 4.19.